The molecule has 0 aromatic heterocycles. The number of halogens is 1. The largest absolute Gasteiger partial charge is 0.467 e. The minimum Gasteiger partial charge on any atom is -0.467 e. The molecule has 0 saturated carbocycles. The summed E-state index contributed by atoms with van der Waals surface area (Å²) in [6.45, 7) is 0.833. The first-order valence-corrected chi connectivity index (χ1v) is 9.42. The van der Waals surface area contributed by atoms with E-state index in [1.165, 1.54) is 12.1 Å². The molecule has 148 valence electrons. The maximum Gasteiger partial charge on any atom is 0.253 e. The quantitative estimate of drug-likeness (QED) is 0.653. The highest BCUT2D eigenvalue weighted by molar-refractivity contribution is 6.00. The zero-order valence-corrected chi connectivity index (χ0v) is 15.8. The zero-order chi connectivity index (χ0) is 20.1. The van der Waals surface area contributed by atoms with Crippen molar-refractivity contribution in [3.63, 3.8) is 0 Å². The molecule has 0 bridgehead atoms. The number of hydrogen-bond acceptors (Lipinski definition) is 4. The fourth-order valence-electron chi connectivity index (χ4n) is 3.32. The first-order chi connectivity index (χ1) is 14.2. The average Bonchev–Trinajstić information content (AvgIpc) is 2.74. The van der Waals surface area contributed by atoms with Gasteiger partial charge in [-0.3, -0.25) is 4.79 Å². The molecule has 6 heteroatoms. The van der Waals surface area contributed by atoms with Crippen LogP contribution in [-0.4, -0.2) is 19.2 Å². The SMILES string of the molecule is O=C(NCCc1cc(F)cc2c1OCOC2)c1ccccc1Nc1ccccc1. The molecule has 1 aliphatic heterocycles. The first-order valence-electron chi connectivity index (χ1n) is 9.42. The fourth-order valence-corrected chi connectivity index (χ4v) is 3.32. The Morgan fingerprint density at radius 3 is 2.69 bits per heavy atom. The molecular weight excluding hydrogens is 371 g/mol. The Balaban J connectivity index is 1.43. The summed E-state index contributed by atoms with van der Waals surface area (Å²) in [5, 5.41) is 6.18. The second-order valence-corrected chi connectivity index (χ2v) is 6.71. The summed E-state index contributed by atoms with van der Waals surface area (Å²) in [7, 11) is 0. The van der Waals surface area contributed by atoms with Gasteiger partial charge in [0.05, 0.1) is 17.9 Å². The Labute approximate surface area is 168 Å². The average molecular weight is 392 g/mol. The highest BCUT2D eigenvalue weighted by Crippen LogP contribution is 2.29. The third-order valence-electron chi connectivity index (χ3n) is 4.66. The van der Waals surface area contributed by atoms with Crippen LogP contribution in [-0.2, 0) is 17.8 Å². The number of benzene rings is 3. The topological polar surface area (TPSA) is 59.6 Å². The van der Waals surface area contributed by atoms with E-state index in [9.17, 15) is 9.18 Å². The third kappa shape index (κ3) is 4.55. The van der Waals surface area contributed by atoms with Gasteiger partial charge in [0.25, 0.3) is 5.91 Å². The molecule has 0 unspecified atom stereocenters. The smallest absolute Gasteiger partial charge is 0.253 e. The lowest BCUT2D eigenvalue weighted by molar-refractivity contribution is -0.0172. The van der Waals surface area contributed by atoms with E-state index in [1.807, 2.05) is 48.5 Å². The predicted molar refractivity (Wildman–Crippen MR) is 109 cm³/mol. The summed E-state index contributed by atoms with van der Waals surface area (Å²) < 4.78 is 24.6. The van der Waals surface area contributed by atoms with E-state index in [0.717, 1.165) is 16.9 Å². The normalized spacial score (nSPS) is 12.6. The molecule has 1 heterocycles. The Morgan fingerprint density at radius 2 is 1.83 bits per heavy atom. The van der Waals surface area contributed by atoms with Gasteiger partial charge in [0.15, 0.2) is 6.79 Å². The van der Waals surface area contributed by atoms with E-state index in [0.29, 0.717) is 36.4 Å². The molecule has 1 amide bonds. The summed E-state index contributed by atoms with van der Waals surface area (Å²) in [5.74, 6) is 0.119. The van der Waals surface area contributed by atoms with Crippen molar-refractivity contribution in [1.82, 2.24) is 5.32 Å². The summed E-state index contributed by atoms with van der Waals surface area (Å²) in [5.41, 5.74) is 3.58. The van der Waals surface area contributed by atoms with Crippen LogP contribution >= 0.6 is 0 Å². The van der Waals surface area contributed by atoms with Gasteiger partial charge in [-0.05, 0) is 48.4 Å². The second kappa shape index (κ2) is 8.75. The van der Waals surface area contributed by atoms with Crippen LogP contribution < -0.4 is 15.4 Å². The van der Waals surface area contributed by atoms with Gasteiger partial charge in [0.1, 0.15) is 11.6 Å². The minimum atomic E-state index is -0.336. The lowest BCUT2D eigenvalue weighted by Crippen LogP contribution is -2.26. The lowest BCUT2D eigenvalue weighted by Gasteiger charge is -2.21. The van der Waals surface area contributed by atoms with Gasteiger partial charge in [0, 0.05) is 17.8 Å². The van der Waals surface area contributed by atoms with Crippen LogP contribution in [0.4, 0.5) is 15.8 Å². The predicted octanol–water partition coefficient (Wildman–Crippen LogP) is 4.41. The molecule has 29 heavy (non-hydrogen) atoms. The molecule has 0 spiro atoms. The van der Waals surface area contributed by atoms with Gasteiger partial charge in [-0.2, -0.15) is 0 Å². The van der Waals surface area contributed by atoms with E-state index < -0.39 is 0 Å². The number of rotatable bonds is 6. The van der Waals surface area contributed by atoms with E-state index in [4.69, 9.17) is 9.47 Å². The van der Waals surface area contributed by atoms with Crippen LogP contribution in [0.2, 0.25) is 0 Å². The monoisotopic (exact) mass is 392 g/mol. The van der Waals surface area contributed by atoms with Crippen LogP contribution in [0.3, 0.4) is 0 Å². The molecule has 3 aromatic carbocycles. The standard InChI is InChI=1S/C23H21FN2O3/c24-18-12-16(22-17(13-18)14-28-15-29-22)10-11-25-23(27)20-8-4-5-9-21(20)26-19-6-2-1-3-7-19/h1-9,12-13,26H,10-11,14-15H2,(H,25,27). The number of para-hydroxylation sites is 2. The molecular formula is C23H21FN2O3. The van der Waals surface area contributed by atoms with Gasteiger partial charge in [-0.25, -0.2) is 4.39 Å². The van der Waals surface area contributed by atoms with Crippen LogP contribution in [0.1, 0.15) is 21.5 Å². The highest BCUT2D eigenvalue weighted by Gasteiger charge is 2.17. The summed E-state index contributed by atoms with van der Waals surface area (Å²) in [4.78, 5) is 12.7. The summed E-state index contributed by atoms with van der Waals surface area (Å²) in [6, 6.07) is 19.9. The Hall–Kier alpha value is -3.38. The summed E-state index contributed by atoms with van der Waals surface area (Å²) >= 11 is 0. The lowest BCUT2D eigenvalue weighted by atomic mass is 10.1. The van der Waals surface area contributed by atoms with Gasteiger partial charge in [0.2, 0.25) is 0 Å². The first kappa shape index (κ1) is 19.0. The Morgan fingerprint density at radius 1 is 1.03 bits per heavy atom. The van der Waals surface area contributed by atoms with Gasteiger partial charge < -0.3 is 20.1 Å². The molecule has 0 atom stereocenters. The third-order valence-corrected chi connectivity index (χ3v) is 4.66. The molecule has 0 radical (unpaired) electrons. The molecule has 4 rings (SSSR count). The van der Waals surface area contributed by atoms with Crippen molar-refractivity contribution in [2.24, 2.45) is 0 Å². The number of hydrogen-bond donors (Lipinski definition) is 2. The molecule has 3 aromatic rings. The van der Waals surface area contributed by atoms with E-state index >= 15 is 0 Å². The van der Waals surface area contributed by atoms with Crippen molar-refractivity contribution in [3.8, 4) is 5.75 Å². The Kier molecular flexibility index (Phi) is 5.72. The number of nitrogens with one attached hydrogen (secondary N) is 2. The van der Waals surface area contributed by atoms with Crippen LogP contribution in [0.15, 0.2) is 66.7 Å². The number of anilines is 2. The molecule has 5 nitrogen and oxygen atoms in total. The molecule has 2 N–H and O–H groups in total. The van der Waals surface area contributed by atoms with Gasteiger partial charge in [-0.1, -0.05) is 30.3 Å². The highest BCUT2D eigenvalue weighted by atomic mass is 19.1. The van der Waals surface area contributed by atoms with Crippen LogP contribution in [0.5, 0.6) is 5.75 Å². The number of ether oxygens (including phenoxy) is 2. The molecule has 0 fully saturated rings. The maximum atomic E-state index is 13.9. The maximum absolute atomic E-state index is 13.9. The second-order valence-electron chi connectivity index (χ2n) is 6.71. The molecule has 0 saturated heterocycles. The van der Waals surface area contributed by atoms with Crippen molar-refractivity contribution >= 4 is 17.3 Å². The zero-order valence-electron chi connectivity index (χ0n) is 15.8. The fraction of sp³-hybridized carbons (Fsp3) is 0.174. The van der Waals surface area contributed by atoms with E-state index in [1.54, 1.807) is 6.07 Å². The van der Waals surface area contributed by atoms with Crippen molar-refractivity contribution in [2.45, 2.75) is 13.0 Å². The van der Waals surface area contributed by atoms with Crippen LogP contribution in [0.25, 0.3) is 0 Å². The van der Waals surface area contributed by atoms with Crippen LogP contribution in [0, 0.1) is 5.82 Å². The number of carbonyl (C=O) groups excluding carboxylic acids is 1. The van der Waals surface area contributed by atoms with E-state index in [-0.39, 0.29) is 18.5 Å². The number of amides is 1. The van der Waals surface area contributed by atoms with E-state index in [2.05, 4.69) is 10.6 Å². The van der Waals surface area contributed by atoms with Gasteiger partial charge in [-0.15, -0.1) is 0 Å². The number of fused-ring (bicyclic) bond motifs is 1. The van der Waals surface area contributed by atoms with Crippen molar-refractivity contribution in [2.75, 3.05) is 18.7 Å². The summed E-state index contributed by atoms with van der Waals surface area (Å²) in [6.07, 6.45) is 0.458. The number of carbonyl (C=O) groups is 1. The molecule has 1 aliphatic rings. The van der Waals surface area contributed by atoms with Gasteiger partial charge >= 0.3 is 0 Å². The Bertz CT molecular complexity index is 1010. The molecule has 0 aliphatic carbocycles. The van der Waals surface area contributed by atoms with Crippen molar-refractivity contribution < 1.29 is 18.7 Å². The van der Waals surface area contributed by atoms with Crippen molar-refractivity contribution in [3.05, 3.63) is 89.2 Å². The van der Waals surface area contributed by atoms with Crippen molar-refractivity contribution in [1.29, 1.82) is 0 Å². The minimum absolute atomic E-state index is 0.149.